The van der Waals surface area contributed by atoms with Gasteiger partial charge in [0.1, 0.15) is 6.54 Å². The number of unbranched alkanes of at least 4 members (excludes halogenated alkanes) is 2. The molecule has 0 unspecified atom stereocenters. The molecule has 43 heavy (non-hydrogen) atoms. The zero-order valence-corrected chi connectivity index (χ0v) is 26.6. The Kier molecular flexibility index (Phi) is 8.64. The van der Waals surface area contributed by atoms with Gasteiger partial charge in [-0.15, -0.1) is 0 Å². The second-order valence-corrected chi connectivity index (χ2v) is 12.8. The minimum atomic E-state index is -0.968. The lowest BCUT2D eigenvalue weighted by Crippen LogP contribution is -2.28. The normalized spacial score (nSPS) is 17.9. The fourth-order valence-electron chi connectivity index (χ4n) is 6.89. The molecule has 0 saturated heterocycles. The number of aliphatic carboxylic acids is 1. The minimum Gasteiger partial charge on any atom is -0.550 e. The number of likely N-dealkylation sites (N-methyl/N-ethyl adjacent to an activating group) is 1. The van der Waals surface area contributed by atoms with Gasteiger partial charge in [-0.1, -0.05) is 50.3 Å². The molecule has 3 heterocycles. The van der Waals surface area contributed by atoms with Crippen molar-refractivity contribution in [1.82, 2.24) is 4.57 Å². The van der Waals surface area contributed by atoms with Crippen LogP contribution in [0.1, 0.15) is 71.4 Å². The molecule has 0 atom stereocenters. The SMILES string of the molecule is CCN1/C(=C/C=C/C=C/C2=[N+](CCCCCC(=O)[O-])c3ccc(-c4cccn4C)cc3C2(C)C)C(C)(C)c2ccccc21. The molecule has 0 bridgehead atoms. The first-order valence-corrected chi connectivity index (χ1v) is 15.6. The molecule has 0 amide bonds. The number of para-hydroxylation sites is 1. The molecule has 5 heteroatoms. The second kappa shape index (κ2) is 12.2. The van der Waals surface area contributed by atoms with E-state index in [-0.39, 0.29) is 17.3 Å². The molecule has 0 aliphatic carbocycles. The van der Waals surface area contributed by atoms with Crippen molar-refractivity contribution in [3.8, 4) is 11.3 Å². The lowest BCUT2D eigenvalue weighted by atomic mass is 9.80. The van der Waals surface area contributed by atoms with E-state index in [4.69, 9.17) is 0 Å². The van der Waals surface area contributed by atoms with Gasteiger partial charge in [0.15, 0.2) is 5.71 Å². The Balaban J connectivity index is 1.43. The van der Waals surface area contributed by atoms with Crippen LogP contribution in [0, 0.1) is 0 Å². The number of fused-ring (bicyclic) bond motifs is 2. The van der Waals surface area contributed by atoms with E-state index < -0.39 is 5.97 Å². The van der Waals surface area contributed by atoms with E-state index in [0.29, 0.717) is 6.42 Å². The first kappa shape index (κ1) is 30.3. The number of hydrogen-bond donors (Lipinski definition) is 0. The number of benzene rings is 2. The maximum Gasteiger partial charge on any atom is 0.209 e. The first-order valence-electron chi connectivity index (χ1n) is 15.6. The third kappa shape index (κ3) is 5.78. The van der Waals surface area contributed by atoms with Crippen LogP contribution < -0.4 is 10.0 Å². The van der Waals surface area contributed by atoms with Gasteiger partial charge in [-0.2, -0.15) is 4.58 Å². The Morgan fingerprint density at radius 2 is 1.70 bits per heavy atom. The third-order valence-electron chi connectivity index (χ3n) is 9.24. The smallest absolute Gasteiger partial charge is 0.209 e. The van der Waals surface area contributed by atoms with Crippen molar-refractivity contribution < 1.29 is 14.5 Å². The number of carbonyl (C=O) groups is 1. The summed E-state index contributed by atoms with van der Waals surface area (Å²) in [4.78, 5) is 13.3. The maximum atomic E-state index is 10.9. The van der Waals surface area contributed by atoms with E-state index in [2.05, 4.69) is 147 Å². The molecule has 224 valence electrons. The van der Waals surface area contributed by atoms with Crippen LogP contribution >= 0.6 is 0 Å². The Morgan fingerprint density at radius 3 is 2.42 bits per heavy atom. The standard InChI is InChI=1S/C38H45N3O2/c1-7-40-32-18-14-13-17-29(32)37(2,3)34(40)20-10-8-11-21-35-38(4,5)30-27-28(31-19-16-25-39(31)6)23-24-33(30)41(35)26-15-9-12-22-36(42)43/h8,10-11,13-14,16-21,23-25,27H,7,9,12,15,22,26H2,1-6H3. The molecule has 2 aromatic carbocycles. The van der Waals surface area contributed by atoms with Crippen molar-refractivity contribution >= 4 is 23.1 Å². The van der Waals surface area contributed by atoms with Gasteiger partial charge in [-0.05, 0) is 87.6 Å². The van der Waals surface area contributed by atoms with Crippen molar-refractivity contribution in [2.45, 2.75) is 71.1 Å². The fraction of sp³-hybridized carbons (Fsp3) is 0.368. The molecule has 0 radical (unpaired) electrons. The van der Waals surface area contributed by atoms with E-state index in [1.807, 2.05) is 0 Å². The molecule has 2 aliphatic heterocycles. The van der Waals surface area contributed by atoms with Gasteiger partial charge in [0.05, 0.1) is 5.41 Å². The van der Waals surface area contributed by atoms with Crippen molar-refractivity contribution in [3.05, 3.63) is 108 Å². The summed E-state index contributed by atoms with van der Waals surface area (Å²) in [6, 6.07) is 19.8. The highest BCUT2D eigenvalue weighted by atomic mass is 16.4. The highest BCUT2D eigenvalue weighted by molar-refractivity contribution is 6.03. The maximum absolute atomic E-state index is 10.9. The zero-order chi connectivity index (χ0) is 30.8. The summed E-state index contributed by atoms with van der Waals surface area (Å²) in [5.41, 5.74) is 9.98. The highest BCUT2D eigenvalue weighted by Gasteiger charge is 2.44. The van der Waals surface area contributed by atoms with Crippen molar-refractivity contribution in [1.29, 1.82) is 0 Å². The predicted octanol–water partition coefficient (Wildman–Crippen LogP) is 7.19. The summed E-state index contributed by atoms with van der Waals surface area (Å²) in [5.74, 6) is -0.968. The summed E-state index contributed by atoms with van der Waals surface area (Å²) in [7, 11) is 2.08. The van der Waals surface area contributed by atoms with Crippen molar-refractivity contribution in [2.24, 2.45) is 7.05 Å². The van der Waals surface area contributed by atoms with Crippen molar-refractivity contribution in [3.63, 3.8) is 0 Å². The molecule has 5 nitrogen and oxygen atoms in total. The summed E-state index contributed by atoms with van der Waals surface area (Å²) in [5, 5.41) is 10.9. The predicted molar refractivity (Wildman–Crippen MR) is 176 cm³/mol. The molecule has 0 spiro atoms. The van der Waals surface area contributed by atoms with Crippen LogP contribution in [0.4, 0.5) is 11.4 Å². The van der Waals surface area contributed by atoms with Crippen LogP contribution in [0.3, 0.4) is 0 Å². The monoisotopic (exact) mass is 575 g/mol. The van der Waals surface area contributed by atoms with Crippen molar-refractivity contribution in [2.75, 3.05) is 18.0 Å². The van der Waals surface area contributed by atoms with Gasteiger partial charge in [0.25, 0.3) is 0 Å². The molecule has 5 rings (SSSR count). The number of anilines is 1. The molecular weight excluding hydrogens is 530 g/mol. The van der Waals surface area contributed by atoms with Gasteiger partial charge in [-0.3, -0.25) is 0 Å². The fourth-order valence-corrected chi connectivity index (χ4v) is 6.89. The number of carboxylic acid groups (broad SMARTS) is 1. The van der Waals surface area contributed by atoms with Crippen LogP contribution in [0.5, 0.6) is 0 Å². The number of carboxylic acids is 1. The van der Waals surface area contributed by atoms with Gasteiger partial charge >= 0.3 is 0 Å². The van der Waals surface area contributed by atoms with Crippen LogP contribution in [0.15, 0.2) is 96.9 Å². The Morgan fingerprint density at radius 1 is 0.907 bits per heavy atom. The van der Waals surface area contributed by atoms with Gasteiger partial charge < -0.3 is 19.4 Å². The van der Waals surface area contributed by atoms with Gasteiger partial charge in [-0.25, -0.2) is 0 Å². The summed E-state index contributed by atoms with van der Waals surface area (Å²) >= 11 is 0. The molecule has 1 aromatic heterocycles. The van der Waals surface area contributed by atoms with Gasteiger partial charge in [0, 0.05) is 72.4 Å². The molecular formula is C38H45N3O2. The summed E-state index contributed by atoms with van der Waals surface area (Å²) in [6.07, 6.45) is 15.6. The number of rotatable bonds is 11. The number of hydrogen-bond acceptors (Lipinski definition) is 3. The molecule has 0 fully saturated rings. The zero-order valence-electron chi connectivity index (χ0n) is 26.6. The largest absolute Gasteiger partial charge is 0.550 e. The van der Waals surface area contributed by atoms with Crippen LogP contribution in [0.2, 0.25) is 0 Å². The minimum absolute atomic E-state index is 0.0476. The Labute approximate surface area is 257 Å². The van der Waals surface area contributed by atoms with E-state index in [1.165, 1.54) is 45.2 Å². The van der Waals surface area contributed by atoms with Crippen LogP contribution in [0.25, 0.3) is 11.3 Å². The lowest BCUT2D eigenvalue weighted by Gasteiger charge is -2.25. The number of aromatic nitrogens is 1. The van der Waals surface area contributed by atoms with Gasteiger partial charge in [0.2, 0.25) is 5.69 Å². The Bertz CT molecular complexity index is 1630. The Hall–Kier alpha value is -4.12. The van der Waals surface area contributed by atoms with E-state index >= 15 is 0 Å². The molecule has 0 N–H and O–H groups in total. The highest BCUT2D eigenvalue weighted by Crippen LogP contribution is 2.47. The number of aryl methyl sites for hydroxylation is 1. The van der Waals surface area contributed by atoms with Crippen LogP contribution in [-0.4, -0.2) is 33.9 Å². The summed E-state index contributed by atoms with van der Waals surface area (Å²) < 4.78 is 4.59. The van der Waals surface area contributed by atoms with Crippen LogP contribution in [-0.2, 0) is 22.7 Å². The van der Waals surface area contributed by atoms with E-state index in [0.717, 1.165) is 25.9 Å². The molecule has 0 saturated carbocycles. The number of allylic oxidation sites excluding steroid dienone is 6. The molecule has 2 aliphatic rings. The van der Waals surface area contributed by atoms with E-state index in [1.54, 1.807) is 0 Å². The summed E-state index contributed by atoms with van der Waals surface area (Å²) in [6.45, 7) is 13.2. The lowest BCUT2D eigenvalue weighted by molar-refractivity contribution is -0.438. The molecule has 3 aromatic rings. The number of carbonyl (C=O) groups excluding carboxylic acids is 1. The quantitative estimate of drug-likeness (QED) is 0.138. The van der Waals surface area contributed by atoms with E-state index in [9.17, 15) is 9.90 Å². The average molecular weight is 576 g/mol. The average Bonchev–Trinajstić information content (AvgIpc) is 3.56. The first-order chi connectivity index (χ1) is 20.6. The third-order valence-corrected chi connectivity index (χ3v) is 9.24. The second-order valence-electron chi connectivity index (χ2n) is 12.8. The number of nitrogens with zero attached hydrogens (tertiary/aromatic N) is 3. The topological polar surface area (TPSA) is 51.3 Å².